The number of halogens is 2. The summed E-state index contributed by atoms with van der Waals surface area (Å²) in [4.78, 5) is 23.7. The van der Waals surface area contributed by atoms with E-state index >= 15 is 4.39 Å². The molecule has 9 heteroatoms. The number of ether oxygens (including phenoxy) is 1. The summed E-state index contributed by atoms with van der Waals surface area (Å²) in [6.45, 7) is 9.17. The summed E-state index contributed by atoms with van der Waals surface area (Å²) in [5.41, 5.74) is 3.63. The van der Waals surface area contributed by atoms with Gasteiger partial charge in [0.05, 0.1) is 0 Å². The molecule has 0 bridgehead atoms. The zero-order valence-electron chi connectivity index (χ0n) is 22.7. The fourth-order valence-electron chi connectivity index (χ4n) is 5.00. The zero-order valence-corrected chi connectivity index (χ0v) is 22.7. The van der Waals surface area contributed by atoms with Gasteiger partial charge < -0.3 is 9.64 Å². The van der Waals surface area contributed by atoms with Gasteiger partial charge in [-0.25, -0.2) is 18.1 Å². The topological polar surface area (TPSA) is 60.5 Å². The second kappa shape index (κ2) is 11.0. The molecular weight excluding hydrogens is 502 g/mol. The number of rotatable bonds is 7. The first-order valence-electron chi connectivity index (χ1n) is 13.2. The van der Waals surface area contributed by atoms with Crippen LogP contribution in [-0.2, 0) is 17.9 Å². The van der Waals surface area contributed by atoms with E-state index in [9.17, 15) is 9.18 Å². The van der Waals surface area contributed by atoms with Gasteiger partial charge in [-0.15, -0.1) is 0 Å². The standard InChI is InChI=1S/C30H33F2N4O3/c1-19-9-11-34(12-10-19)24-6-5-23(26(31)14-24)17-35-21(3)36(39-22(4)37)29-8-7-25(15-30(29)35)38-18-28-27(32)13-20(2)16-33-28/h5-8,13-16,19H,9-12,17-18H2,1-4H3/q+1. The van der Waals surface area contributed by atoms with Crippen LogP contribution in [0.25, 0.3) is 11.0 Å². The number of aryl methyl sites for hydroxylation is 1. The van der Waals surface area contributed by atoms with E-state index < -0.39 is 11.8 Å². The molecule has 3 heterocycles. The van der Waals surface area contributed by atoms with Crippen LogP contribution in [0.5, 0.6) is 5.75 Å². The molecule has 1 saturated heterocycles. The van der Waals surface area contributed by atoms with Gasteiger partial charge in [0, 0.05) is 50.5 Å². The largest absolute Gasteiger partial charge is 0.487 e. The first kappa shape index (κ1) is 26.6. The highest BCUT2D eigenvalue weighted by Gasteiger charge is 2.27. The van der Waals surface area contributed by atoms with Gasteiger partial charge in [0.2, 0.25) is 5.52 Å². The fraction of sp³-hybridized carbons (Fsp3) is 0.367. The smallest absolute Gasteiger partial charge is 0.354 e. The number of carbonyl (C=O) groups is 1. The number of hydrogen-bond acceptors (Lipinski definition) is 5. The minimum absolute atomic E-state index is 0.0490. The van der Waals surface area contributed by atoms with E-state index in [-0.39, 0.29) is 24.7 Å². The van der Waals surface area contributed by atoms with E-state index in [4.69, 9.17) is 9.57 Å². The molecule has 1 fully saturated rings. The van der Waals surface area contributed by atoms with E-state index in [2.05, 4.69) is 16.8 Å². The molecule has 0 radical (unpaired) electrons. The Morgan fingerprint density at radius 2 is 1.85 bits per heavy atom. The first-order valence-corrected chi connectivity index (χ1v) is 13.2. The summed E-state index contributed by atoms with van der Waals surface area (Å²) in [6.07, 6.45) is 3.79. The van der Waals surface area contributed by atoms with E-state index in [0.717, 1.165) is 37.2 Å². The molecule has 0 saturated carbocycles. The number of nitrogens with zero attached hydrogens (tertiary/aromatic N) is 4. The fourth-order valence-corrected chi connectivity index (χ4v) is 5.00. The molecule has 0 spiro atoms. The number of aromatic nitrogens is 3. The summed E-state index contributed by atoms with van der Waals surface area (Å²) >= 11 is 0. The molecule has 1 aliphatic rings. The van der Waals surface area contributed by atoms with Gasteiger partial charge in [-0.05, 0) is 66.3 Å². The molecule has 5 rings (SSSR count). The molecule has 2 aromatic heterocycles. The maximum Gasteiger partial charge on any atom is 0.354 e. The zero-order chi connectivity index (χ0) is 27.7. The summed E-state index contributed by atoms with van der Waals surface area (Å²) in [7, 11) is 0. The highest BCUT2D eigenvalue weighted by atomic mass is 19.1. The van der Waals surface area contributed by atoms with Gasteiger partial charge in [0.1, 0.15) is 36.2 Å². The van der Waals surface area contributed by atoms with Crippen LogP contribution >= 0.6 is 0 Å². The summed E-state index contributed by atoms with van der Waals surface area (Å²) in [5, 5.41) is 0. The van der Waals surface area contributed by atoms with Crippen LogP contribution in [0.15, 0.2) is 48.7 Å². The Kier molecular flexibility index (Phi) is 7.50. The third-order valence-corrected chi connectivity index (χ3v) is 7.30. The average Bonchev–Trinajstić information content (AvgIpc) is 3.14. The molecule has 2 aromatic carbocycles. The third kappa shape index (κ3) is 5.72. The van der Waals surface area contributed by atoms with Crippen molar-refractivity contribution in [1.29, 1.82) is 0 Å². The van der Waals surface area contributed by atoms with Crippen LogP contribution in [0.3, 0.4) is 0 Å². The Morgan fingerprint density at radius 1 is 1.08 bits per heavy atom. The predicted molar refractivity (Wildman–Crippen MR) is 144 cm³/mol. The molecule has 7 nitrogen and oxygen atoms in total. The highest BCUT2D eigenvalue weighted by Crippen LogP contribution is 2.26. The molecule has 0 aliphatic carbocycles. The molecule has 4 aromatic rings. The molecule has 0 N–H and O–H groups in total. The normalized spacial score (nSPS) is 14.2. The number of anilines is 1. The van der Waals surface area contributed by atoms with Gasteiger partial charge in [-0.1, -0.05) is 13.0 Å². The van der Waals surface area contributed by atoms with Crippen molar-refractivity contribution >= 4 is 22.7 Å². The molecule has 0 unspecified atom stereocenters. The highest BCUT2D eigenvalue weighted by molar-refractivity contribution is 5.75. The Morgan fingerprint density at radius 3 is 2.54 bits per heavy atom. The lowest BCUT2D eigenvalue weighted by atomic mass is 9.98. The molecule has 0 atom stereocenters. The van der Waals surface area contributed by atoms with Gasteiger partial charge in [-0.3, -0.25) is 9.82 Å². The van der Waals surface area contributed by atoms with Crippen molar-refractivity contribution in [3.8, 4) is 5.75 Å². The maximum atomic E-state index is 15.4. The van der Waals surface area contributed by atoms with Crippen molar-refractivity contribution in [1.82, 2.24) is 9.71 Å². The quantitative estimate of drug-likeness (QED) is 0.310. The lowest BCUT2D eigenvalue weighted by Crippen LogP contribution is -2.38. The Labute approximate surface area is 226 Å². The van der Waals surface area contributed by atoms with E-state index in [0.29, 0.717) is 34.1 Å². The number of hydrogen-bond donors (Lipinski definition) is 0. The minimum Gasteiger partial charge on any atom is -0.487 e. The number of imidazole rings is 1. The summed E-state index contributed by atoms with van der Waals surface area (Å²) in [6, 6.07) is 12.0. The van der Waals surface area contributed by atoms with E-state index in [1.54, 1.807) is 44.3 Å². The van der Waals surface area contributed by atoms with Crippen LogP contribution in [0.4, 0.5) is 14.5 Å². The molecule has 204 valence electrons. The van der Waals surface area contributed by atoms with Gasteiger partial charge in [-0.2, -0.15) is 0 Å². The van der Waals surface area contributed by atoms with Crippen molar-refractivity contribution in [3.63, 3.8) is 0 Å². The third-order valence-electron chi connectivity index (χ3n) is 7.30. The van der Waals surface area contributed by atoms with Gasteiger partial charge in [0.25, 0.3) is 5.82 Å². The van der Waals surface area contributed by atoms with E-state index in [1.807, 2.05) is 16.7 Å². The molecule has 1 aliphatic heterocycles. The Balaban J connectivity index is 1.45. The summed E-state index contributed by atoms with van der Waals surface area (Å²) in [5.74, 6) is 0.584. The van der Waals surface area contributed by atoms with Crippen LogP contribution in [0, 0.1) is 31.4 Å². The second-order valence-corrected chi connectivity index (χ2v) is 10.3. The van der Waals surface area contributed by atoms with Crippen molar-refractivity contribution < 1.29 is 27.7 Å². The number of carbonyl (C=O) groups excluding carboxylic acids is 1. The number of benzene rings is 2. The van der Waals surface area contributed by atoms with E-state index in [1.165, 1.54) is 17.7 Å². The predicted octanol–water partition coefficient (Wildman–Crippen LogP) is 5.06. The SMILES string of the molecule is CC(=O)On1c(C)[n+](Cc2ccc(N3CCC(C)CC3)cc2F)c2cc(OCc3ncc(C)cc3F)ccc21. The van der Waals surface area contributed by atoms with Crippen LogP contribution < -0.4 is 19.0 Å². The molecular formula is C30H33F2N4O3+. The van der Waals surface area contributed by atoms with Crippen LogP contribution in [0.2, 0.25) is 0 Å². The number of piperidine rings is 1. The average molecular weight is 536 g/mol. The first-order chi connectivity index (χ1) is 18.7. The lowest BCUT2D eigenvalue weighted by molar-refractivity contribution is -0.671. The van der Waals surface area contributed by atoms with Crippen LogP contribution in [-0.4, -0.2) is 28.8 Å². The van der Waals surface area contributed by atoms with Gasteiger partial charge >= 0.3 is 5.97 Å². The molecule has 39 heavy (non-hydrogen) atoms. The van der Waals surface area contributed by atoms with Crippen molar-refractivity contribution in [2.45, 2.75) is 53.7 Å². The number of fused-ring (bicyclic) bond motifs is 1. The summed E-state index contributed by atoms with van der Waals surface area (Å²) < 4.78 is 38.8. The maximum absolute atomic E-state index is 15.4. The monoisotopic (exact) mass is 535 g/mol. The van der Waals surface area contributed by atoms with Crippen molar-refractivity contribution in [2.24, 2.45) is 5.92 Å². The minimum atomic E-state index is -0.477. The van der Waals surface area contributed by atoms with Crippen molar-refractivity contribution in [3.05, 3.63) is 82.9 Å². The van der Waals surface area contributed by atoms with Gasteiger partial charge in [0.15, 0.2) is 5.52 Å². The Bertz CT molecular complexity index is 1530. The Hall–Kier alpha value is -4.01. The second-order valence-electron chi connectivity index (χ2n) is 10.3. The van der Waals surface area contributed by atoms with Crippen molar-refractivity contribution in [2.75, 3.05) is 18.0 Å². The number of pyridine rings is 1. The lowest BCUT2D eigenvalue weighted by Gasteiger charge is -2.32. The molecule has 0 amide bonds. The van der Waals surface area contributed by atoms with Crippen LogP contribution in [0.1, 0.15) is 49.3 Å².